The fourth-order valence-electron chi connectivity index (χ4n) is 4.46. The summed E-state index contributed by atoms with van der Waals surface area (Å²) in [4.78, 5) is 7.28. The zero-order chi connectivity index (χ0) is 17.6. The highest BCUT2D eigenvalue weighted by Gasteiger charge is 2.53. The van der Waals surface area contributed by atoms with E-state index >= 15 is 0 Å². The minimum absolute atomic E-state index is 0.250. The van der Waals surface area contributed by atoms with Crippen LogP contribution in [0, 0.1) is 11.3 Å². The summed E-state index contributed by atoms with van der Waals surface area (Å²) in [7, 11) is 2.20. The quantitative estimate of drug-likeness (QED) is 0.527. The standard InChI is InChI=1S/C19H38N4O/c1-6-19(7-2)16(12-17(19)24-9-4)22-18(20-8-3)21-13-15-10-11-23(5)14-15/h15-17H,6-14H2,1-5H3,(H2,20,21,22). The van der Waals surface area contributed by atoms with Crippen molar-refractivity contribution in [2.24, 2.45) is 16.3 Å². The Kier molecular flexibility index (Phi) is 7.35. The minimum Gasteiger partial charge on any atom is -0.378 e. The Labute approximate surface area is 148 Å². The van der Waals surface area contributed by atoms with Gasteiger partial charge in [0.25, 0.3) is 0 Å². The molecule has 1 aliphatic heterocycles. The van der Waals surface area contributed by atoms with Crippen molar-refractivity contribution in [1.82, 2.24) is 15.5 Å². The van der Waals surface area contributed by atoms with Gasteiger partial charge >= 0.3 is 0 Å². The van der Waals surface area contributed by atoms with E-state index in [0.717, 1.165) is 44.9 Å². The number of hydrogen-bond acceptors (Lipinski definition) is 3. The van der Waals surface area contributed by atoms with Crippen molar-refractivity contribution in [2.45, 2.75) is 65.5 Å². The lowest BCUT2D eigenvalue weighted by Gasteiger charge is -2.55. The summed E-state index contributed by atoms with van der Waals surface area (Å²) in [6, 6.07) is 0.466. The van der Waals surface area contributed by atoms with E-state index < -0.39 is 0 Å². The first-order chi connectivity index (χ1) is 11.6. The van der Waals surface area contributed by atoms with E-state index in [1.54, 1.807) is 0 Å². The number of aliphatic imine (C=N–C) groups is 1. The zero-order valence-electron chi connectivity index (χ0n) is 16.4. The summed E-state index contributed by atoms with van der Waals surface area (Å²) in [5.74, 6) is 1.68. The van der Waals surface area contributed by atoms with E-state index in [0.29, 0.717) is 18.1 Å². The van der Waals surface area contributed by atoms with E-state index in [9.17, 15) is 0 Å². The van der Waals surface area contributed by atoms with Crippen LogP contribution in [0.5, 0.6) is 0 Å². The normalized spacial score (nSPS) is 30.2. The molecule has 5 nitrogen and oxygen atoms in total. The highest BCUT2D eigenvalue weighted by atomic mass is 16.5. The maximum atomic E-state index is 5.99. The van der Waals surface area contributed by atoms with Crippen LogP contribution in [0.3, 0.4) is 0 Å². The minimum atomic E-state index is 0.250. The van der Waals surface area contributed by atoms with E-state index in [1.165, 1.54) is 19.5 Å². The van der Waals surface area contributed by atoms with Gasteiger partial charge in [-0.15, -0.1) is 0 Å². The fraction of sp³-hybridized carbons (Fsp3) is 0.947. The summed E-state index contributed by atoms with van der Waals surface area (Å²) in [5, 5.41) is 7.15. The lowest BCUT2D eigenvalue weighted by molar-refractivity contribution is -0.133. The van der Waals surface area contributed by atoms with Crippen molar-refractivity contribution < 1.29 is 4.74 Å². The molecule has 0 radical (unpaired) electrons. The van der Waals surface area contributed by atoms with Gasteiger partial charge in [-0.2, -0.15) is 0 Å². The topological polar surface area (TPSA) is 48.9 Å². The molecule has 24 heavy (non-hydrogen) atoms. The first-order valence-electron chi connectivity index (χ1n) is 9.94. The molecule has 2 rings (SSSR count). The maximum Gasteiger partial charge on any atom is 0.191 e. The Balaban J connectivity index is 1.96. The molecule has 0 aromatic heterocycles. The Morgan fingerprint density at radius 1 is 1.25 bits per heavy atom. The van der Waals surface area contributed by atoms with Crippen LogP contribution in [0.15, 0.2) is 4.99 Å². The van der Waals surface area contributed by atoms with Crippen LogP contribution < -0.4 is 10.6 Å². The van der Waals surface area contributed by atoms with Crippen molar-refractivity contribution in [3.05, 3.63) is 0 Å². The fourth-order valence-corrected chi connectivity index (χ4v) is 4.46. The van der Waals surface area contributed by atoms with Crippen LogP contribution in [-0.4, -0.2) is 62.8 Å². The molecule has 0 aromatic carbocycles. The first-order valence-corrected chi connectivity index (χ1v) is 9.94. The Hall–Kier alpha value is -0.810. The number of ether oxygens (including phenoxy) is 1. The van der Waals surface area contributed by atoms with Crippen LogP contribution >= 0.6 is 0 Å². The molecule has 1 saturated heterocycles. The van der Waals surface area contributed by atoms with E-state index in [4.69, 9.17) is 9.73 Å². The summed E-state index contributed by atoms with van der Waals surface area (Å²) < 4.78 is 5.99. The van der Waals surface area contributed by atoms with Gasteiger partial charge in [-0.25, -0.2) is 0 Å². The monoisotopic (exact) mass is 338 g/mol. The summed E-state index contributed by atoms with van der Waals surface area (Å²) >= 11 is 0. The van der Waals surface area contributed by atoms with Gasteiger partial charge in [-0.1, -0.05) is 13.8 Å². The second kappa shape index (κ2) is 9.04. The van der Waals surface area contributed by atoms with Crippen molar-refractivity contribution in [1.29, 1.82) is 0 Å². The molecule has 1 heterocycles. The third kappa shape index (κ3) is 4.23. The van der Waals surface area contributed by atoms with Gasteiger partial charge in [0.15, 0.2) is 5.96 Å². The zero-order valence-corrected chi connectivity index (χ0v) is 16.4. The molecule has 2 N–H and O–H groups in total. The van der Waals surface area contributed by atoms with Crippen LogP contribution in [0.25, 0.3) is 0 Å². The summed E-state index contributed by atoms with van der Waals surface area (Å²) in [6.07, 6.45) is 5.05. The maximum absolute atomic E-state index is 5.99. The average Bonchev–Trinajstić information content (AvgIpc) is 2.98. The first kappa shape index (κ1) is 19.5. The van der Waals surface area contributed by atoms with Crippen LogP contribution in [0.4, 0.5) is 0 Å². The highest BCUT2D eigenvalue weighted by Crippen LogP contribution is 2.48. The summed E-state index contributed by atoms with van der Waals surface area (Å²) in [6.45, 7) is 13.8. The molecule has 0 aromatic rings. The SMILES string of the molecule is CCNC(=NCC1CCN(C)C1)NC1CC(OCC)C1(CC)CC. The van der Waals surface area contributed by atoms with Gasteiger partial charge in [0.2, 0.25) is 0 Å². The molecule has 5 heteroatoms. The molecule has 2 fully saturated rings. The van der Waals surface area contributed by atoms with E-state index in [-0.39, 0.29) is 5.41 Å². The molecule has 1 saturated carbocycles. The third-order valence-electron chi connectivity index (χ3n) is 6.12. The average molecular weight is 339 g/mol. The van der Waals surface area contributed by atoms with Gasteiger partial charge in [-0.3, -0.25) is 4.99 Å². The van der Waals surface area contributed by atoms with Crippen LogP contribution in [0.1, 0.15) is 53.4 Å². The largest absolute Gasteiger partial charge is 0.378 e. The molecule has 3 atom stereocenters. The lowest BCUT2D eigenvalue weighted by Crippen LogP contribution is -2.65. The van der Waals surface area contributed by atoms with Gasteiger partial charge in [-0.05, 0) is 59.0 Å². The van der Waals surface area contributed by atoms with Crippen LogP contribution in [-0.2, 0) is 4.74 Å². The number of rotatable bonds is 8. The van der Waals surface area contributed by atoms with Gasteiger partial charge in [0.1, 0.15) is 0 Å². The molecule has 1 aliphatic carbocycles. The molecular weight excluding hydrogens is 300 g/mol. The molecule has 2 aliphatic rings. The molecule has 140 valence electrons. The number of nitrogens with one attached hydrogen (secondary N) is 2. The number of nitrogens with zero attached hydrogens (tertiary/aromatic N) is 2. The predicted octanol–water partition coefficient (Wildman–Crippen LogP) is 2.48. The van der Waals surface area contributed by atoms with Crippen molar-refractivity contribution in [2.75, 3.05) is 39.8 Å². The van der Waals surface area contributed by atoms with Crippen molar-refractivity contribution >= 4 is 5.96 Å². The van der Waals surface area contributed by atoms with Gasteiger partial charge in [0.05, 0.1) is 6.10 Å². The highest BCUT2D eigenvalue weighted by molar-refractivity contribution is 5.80. The van der Waals surface area contributed by atoms with Gasteiger partial charge in [0, 0.05) is 37.7 Å². The van der Waals surface area contributed by atoms with Crippen molar-refractivity contribution in [3.63, 3.8) is 0 Å². The molecule has 0 amide bonds. The Morgan fingerprint density at radius 2 is 2.00 bits per heavy atom. The molecule has 0 bridgehead atoms. The molecular formula is C19H38N4O. The predicted molar refractivity (Wildman–Crippen MR) is 102 cm³/mol. The third-order valence-corrected chi connectivity index (χ3v) is 6.12. The lowest BCUT2D eigenvalue weighted by atomic mass is 9.58. The second-order valence-corrected chi connectivity index (χ2v) is 7.45. The second-order valence-electron chi connectivity index (χ2n) is 7.45. The van der Waals surface area contributed by atoms with Crippen molar-refractivity contribution in [3.8, 4) is 0 Å². The Morgan fingerprint density at radius 3 is 2.54 bits per heavy atom. The van der Waals surface area contributed by atoms with E-state index in [2.05, 4.69) is 50.3 Å². The van der Waals surface area contributed by atoms with Crippen LogP contribution in [0.2, 0.25) is 0 Å². The number of hydrogen-bond donors (Lipinski definition) is 2. The summed E-state index contributed by atoms with van der Waals surface area (Å²) in [5.41, 5.74) is 0.250. The smallest absolute Gasteiger partial charge is 0.191 e. The number of likely N-dealkylation sites (tertiary alicyclic amines) is 1. The molecule has 0 spiro atoms. The Bertz CT molecular complexity index is 408. The van der Waals surface area contributed by atoms with E-state index in [1.807, 2.05) is 0 Å². The van der Waals surface area contributed by atoms with Gasteiger partial charge < -0.3 is 20.3 Å². The number of guanidine groups is 1. The molecule has 3 unspecified atom stereocenters.